The SMILES string of the molecule is O=C(C[C@H]1CC=CC[C@@H](Cc2ccccc2)C(=O)OC[C@H](Cc2ccc(OCc3ccccc3)cc2)NC1=O)N[C@H](CO)Cc1ccc(OCc2ccccc2)cc1. The van der Waals surface area contributed by atoms with Gasteiger partial charge in [-0.1, -0.05) is 127 Å². The van der Waals surface area contributed by atoms with Crippen LogP contribution in [0.5, 0.6) is 11.5 Å². The molecule has 0 radical (unpaired) electrons. The van der Waals surface area contributed by atoms with Crippen LogP contribution >= 0.6 is 0 Å². The Bertz CT molecular complexity index is 2040. The fourth-order valence-electron chi connectivity index (χ4n) is 6.90. The van der Waals surface area contributed by atoms with Crippen molar-refractivity contribution in [3.05, 3.63) is 179 Å². The highest BCUT2D eigenvalue weighted by Crippen LogP contribution is 2.21. The highest BCUT2D eigenvalue weighted by molar-refractivity contribution is 5.86. The molecule has 1 aliphatic rings. The van der Waals surface area contributed by atoms with Gasteiger partial charge in [0.25, 0.3) is 0 Å². The number of hydrogen-bond donors (Lipinski definition) is 3. The Morgan fingerprint density at radius 1 is 0.655 bits per heavy atom. The van der Waals surface area contributed by atoms with E-state index in [-0.39, 0.29) is 37.4 Å². The van der Waals surface area contributed by atoms with Crippen molar-refractivity contribution >= 4 is 17.8 Å². The molecule has 1 heterocycles. The van der Waals surface area contributed by atoms with Crippen molar-refractivity contribution in [3.8, 4) is 11.5 Å². The molecule has 5 aromatic rings. The molecule has 0 fully saturated rings. The minimum Gasteiger partial charge on any atom is -0.489 e. The van der Waals surface area contributed by atoms with Gasteiger partial charge in [0, 0.05) is 6.42 Å². The number of rotatable bonds is 16. The molecule has 5 aromatic carbocycles. The Balaban J connectivity index is 1.09. The largest absolute Gasteiger partial charge is 0.489 e. The normalized spacial score (nSPS) is 17.8. The number of aliphatic hydroxyl groups excluding tert-OH is 1. The van der Waals surface area contributed by atoms with Gasteiger partial charge in [-0.05, 0) is 84.2 Å². The molecule has 58 heavy (non-hydrogen) atoms. The van der Waals surface area contributed by atoms with Crippen LogP contribution in [0.15, 0.2) is 152 Å². The van der Waals surface area contributed by atoms with Gasteiger partial charge in [0.05, 0.1) is 30.5 Å². The van der Waals surface area contributed by atoms with E-state index in [9.17, 15) is 19.5 Å². The van der Waals surface area contributed by atoms with Crippen LogP contribution < -0.4 is 20.1 Å². The van der Waals surface area contributed by atoms with Gasteiger partial charge in [0.1, 0.15) is 31.3 Å². The third-order valence-corrected chi connectivity index (χ3v) is 10.1. The first-order chi connectivity index (χ1) is 28.4. The number of nitrogens with one attached hydrogen (secondary N) is 2. The van der Waals surface area contributed by atoms with E-state index in [0.717, 1.165) is 39.3 Å². The molecule has 9 heteroatoms. The van der Waals surface area contributed by atoms with Crippen LogP contribution in [0.1, 0.15) is 47.1 Å². The summed E-state index contributed by atoms with van der Waals surface area (Å²) in [6, 6.07) is 43.9. The minimum atomic E-state index is -0.685. The minimum absolute atomic E-state index is 0.0204. The summed E-state index contributed by atoms with van der Waals surface area (Å²) < 4.78 is 17.8. The first-order valence-corrected chi connectivity index (χ1v) is 20.0. The summed E-state index contributed by atoms with van der Waals surface area (Å²) in [6.45, 7) is 0.617. The van der Waals surface area contributed by atoms with Crippen molar-refractivity contribution in [1.29, 1.82) is 0 Å². The zero-order chi connectivity index (χ0) is 40.4. The Kier molecular flexibility index (Phi) is 15.7. The van der Waals surface area contributed by atoms with Gasteiger partial charge in [-0.15, -0.1) is 0 Å². The number of carbonyl (C=O) groups excluding carboxylic acids is 3. The molecule has 0 aliphatic carbocycles. The molecule has 0 bridgehead atoms. The van der Waals surface area contributed by atoms with E-state index in [1.807, 2.05) is 152 Å². The van der Waals surface area contributed by atoms with Crippen molar-refractivity contribution in [3.63, 3.8) is 0 Å². The molecule has 2 amide bonds. The van der Waals surface area contributed by atoms with Gasteiger partial charge < -0.3 is 30.0 Å². The maximum absolute atomic E-state index is 13.9. The van der Waals surface area contributed by atoms with Gasteiger partial charge in [-0.25, -0.2) is 0 Å². The molecule has 0 aromatic heterocycles. The predicted octanol–water partition coefficient (Wildman–Crippen LogP) is 7.35. The van der Waals surface area contributed by atoms with Crippen LogP contribution in [0.4, 0.5) is 0 Å². The molecule has 6 rings (SSSR count). The lowest BCUT2D eigenvalue weighted by atomic mass is 9.94. The number of benzene rings is 5. The van der Waals surface area contributed by atoms with E-state index < -0.39 is 23.9 Å². The molecule has 3 N–H and O–H groups in total. The smallest absolute Gasteiger partial charge is 0.309 e. The first kappa shape index (κ1) is 41.4. The molecule has 9 nitrogen and oxygen atoms in total. The Morgan fingerprint density at radius 3 is 1.71 bits per heavy atom. The fraction of sp³-hybridized carbons (Fsp3) is 0.286. The summed E-state index contributed by atoms with van der Waals surface area (Å²) in [5.74, 6) is -0.617. The van der Waals surface area contributed by atoms with Gasteiger partial charge in [-0.2, -0.15) is 0 Å². The van der Waals surface area contributed by atoms with E-state index in [0.29, 0.717) is 45.3 Å². The number of amides is 2. The number of carbonyl (C=O) groups is 3. The number of cyclic esters (lactones) is 1. The Hall–Kier alpha value is -6.19. The zero-order valence-electron chi connectivity index (χ0n) is 32.7. The average molecular weight is 781 g/mol. The van der Waals surface area contributed by atoms with E-state index in [1.54, 1.807) is 0 Å². The van der Waals surface area contributed by atoms with E-state index in [1.165, 1.54) is 0 Å². The fourth-order valence-corrected chi connectivity index (χ4v) is 6.90. The van der Waals surface area contributed by atoms with Crippen LogP contribution in [0, 0.1) is 11.8 Å². The van der Waals surface area contributed by atoms with Crippen molar-refractivity contribution in [2.75, 3.05) is 13.2 Å². The monoisotopic (exact) mass is 780 g/mol. The second-order valence-electron chi connectivity index (χ2n) is 14.8. The second kappa shape index (κ2) is 21.9. The summed E-state index contributed by atoms with van der Waals surface area (Å²) in [7, 11) is 0. The van der Waals surface area contributed by atoms with E-state index in [4.69, 9.17) is 14.2 Å². The standard InChI is InChI=1S/C49H52N2O7/c52-32-43(29-37-20-24-45(25-21-37)56-33-39-14-6-2-7-15-39)50-47(53)31-41-18-10-11-19-42(28-36-12-4-1-5-13-36)49(55)58-35-44(51-48(41)54)30-38-22-26-46(27-23-38)57-34-40-16-8-3-9-17-40/h1-17,20-27,41-44,52H,18-19,28-35H2,(H,50,53)(H,51,54)/t41-,42+,43+,44+/m1/s1. The summed E-state index contributed by atoms with van der Waals surface area (Å²) in [5, 5.41) is 16.3. The number of esters is 1. The third kappa shape index (κ3) is 13.5. The number of allylic oxidation sites excluding steroid dienone is 2. The van der Waals surface area contributed by atoms with Crippen LogP contribution in [0.2, 0.25) is 0 Å². The number of ether oxygens (including phenoxy) is 3. The molecule has 1 aliphatic heterocycles. The number of aliphatic hydroxyl groups is 1. The van der Waals surface area contributed by atoms with Gasteiger partial charge in [0.15, 0.2) is 0 Å². The Morgan fingerprint density at radius 2 is 1.16 bits per heavy atom. The van der Waals surface area contributed by atoms with Crippen molar-refractivity contribution < 1.29 is 33.7 Å². The first-order valence-electron chi connectivity index (χ1n) is 20.0. The number of hydrogen-bond acceptors (Lipinski definition) is 7. The van der Waals surface area contributed by atoms with Crippen LogP contribution in [0.3, 0.4) is 0 Å². The van der Waals surface area contributed by atoms with E-state index >= 15 is 0 Å². The van der Waals surface area contributed by atoms with Crippen LogP contribution in [-0.2, 0) is 51.6 Å². The molecule has 0 unspecified atom stereocenters. The summed E-state index contributed by atoms with van der Waals surface area (Å²) in [6.07, 6.45) is 5.77. The van der Waals surface area contributed by atoms with Gasteiger partial charge in [-0.3, -0.25) is 14.4 Å². The average Bonchev–Trinajstić information content (AvgIpc) is 3.26. The van der Waals surface area contributed by atoms with Crippen LogP contribution in [-0.4, -0.2) is 48.2 Å². The van der Waals surface area contributed by atoms with Crippen molar-refractivity contribution in [2.45, 2.75) is 63.8 Å². The van der Waals surface area contributed by atoms with Gasteiger partial charge >= 0.3 is 5.97 Å². The molecule has 4 atom stereocenters. The molecule has 0 spiro atoms. The molecule has 300 valence electrons. The van der Waals surface area contributed by atoms with Crippen molar-refractivity contribution in [1.82, 2.24) is 10.6 Å². The molecular formula is C49H52N2O7. The van der Waals surface area contributed by atoms with Crippen LogP contribution in [0.25, 0.3) is 0 Å². The molecule has 0 saturated heterocycles. The zero-order valence-corrected chi connectivity index (χ0v) is 32.7. The van der Waals surface area contributed by atoms with E-state index in [2.05, 4.69) is 10.6 Å². The topological polar surface area (TPSA) is 123 Å². The maximum atomic E-state index is 13.9. The molecule has 0 saturated carbocycles. The molecular weight excluding hydrogens is 729 g/mol. The maximum Gasteiger partial charge on any atom is 0.309 e. The second-order valence-corrected chi connectivity index (χ2v) is 14.8. The lowest BCUT2D eigenvalue weighted by Crippen LogP contribution is -2.46. The Labute approximate surface area is 341 Å². The summed E-state index contributed by atoms with van der Waals surface area (Å²) in [5.41, 5.74) is 5.02. The quantitative estimate of drug-likeness (QED) is 0.0707. The highest BCUT2D eigenvalue weighted by Gasteiger charge is 2.28. The lowest BCUT2D eigenvalue weighted by molar-refractivity contribution is -0.150. The third-order valence-electron chi connectivity index (χ3n) is 10.1. The summed E-state index contributed by atoms with van der Waals surface area (Å²) >= 11 is 0. The highest BCUT2D eigenvalue weighted by atomic mass is 16.5. The lowest BCUT2D eigenvalue weighted by Gasteiger charge is -2.25. The van der Waals surface area contributed by atoms with Gasteiger partial charge in [0.2, 0.25) is 11.8 Å². The summed E-state index contributed by atoms with van der Waals surface area (Å²) in [4.78, 5) is 40.8. The van der Waals surface area contributed by atoms with Crippen molar-refractivity contribution in [2.24, 2.45) is 11.8 Å². The predicted molar refractivity (Wildman–Crippen MR) is 224 cm³/mol.